The summed E-state index contributed by atoms with van der Waals surface area (Å²) >= 11 is 0. The summed E-state index contributed by atoms with van der Waals surface area (Å²) in [6, 6.07) is 3.91. The molecule has 1 rings (SSSR count). The zero-order chi connectivity index (χ0) is 9.68. The Morgan fingerprint density at radius 3 is 2.85 bits per heavy atom. The Hall–Kier alpha value is -0.930. The average molecular weight is 180 g/mol. The third-order valence-electron chi connectivity index (χ3n) is 2.13. The van der Waals surface area contributed by atoms with Crippen LogP contribution < -0.4 is 5.73 Å². The van der Waals surface area contributed by atoms with Crippen LogP contribution in [0.15, 0.2) is 24.5 Å². The van der Waals surface area contributed by atoms with Crippen LogP contribution in [0.1, 0.15) is 25.0 Å². The molecule has 0 aliphatic carbocycles. The van der Waals surface area contributed by atoms with E-state index in [2.05, 4.69) is 4.98 Å². The lowest BCUT2D eigenvalue weighted by Gasteiger charge is -2.21. The van der Waals surface area contributed by atoms with Crippen LogP contribution in [-0.2, 0) is 4.74 Å². The van der Waals surface area contributed by atoms with Gasteiger partial charge in [-0.05, 0) is 12.5 Å². The molecule has 1 aromatic rings. The normalized spacial score (nSPS) is 15.3. The third-order valence-corrected chi connectivity index (χ3v) is 2.13. The molecule has 1 aromatic heterocycles. The van der Waals surface area contributed by atoms with Gasteiger partial charge in [-0.1, -0.05) is 13.0 Å². The fourth-order valence-electron chi connectivity index (χ4n) is 1.32. The highest BCUT2D eigenvalue weighted by Gasteiger charge is 2.17. The van der Waals surface area contributed by atoms with Crippen molar-refractivity contribution in [1.29, 1.82) is 0 Å². The number of ether oxygens (including phenoxy) is 1. The number of nitrogens with zero attached hydrogens (tertiary/aromatic N) is 1. The van der Waals surface area contributed by atoms with Crippen molar-refractivity contribution >= 4 is 0 Å². The Morgan fingerprint density at radius 2 is 2.38 bits per heavy atom. The molecule has 2 atom stereocenters. The molecular weight excluding hydrogens is 164 g/mol. The fourth-order valence-corrected chi connectivity index (χ4v) is 1.32. The predicted octanol–water partition coefficient (Wildman–Crippen LogP) is 1.51. The van der Waals surface area contributed by atoms with Crippen LogP contribution in [0, 0.1) is 0 Å². The minimum Gasteiger partial charge on any atom is -0.375 e. The first-order valence-electron chi connectivity index (χ1n) is 4.48. The minimum atomic E-state index is -0.0429. The highest BCUT2D eigenvalue weighted by atomic mass is 16.5. The topological polar surface area (TPSA) is 48.1 Å². The number of nitrogens with two attached hydrogens (primary N) is 1. The van der Waals surface area contributed by atoms with Crippen molar-refractivity contribution in [3.63, 3.8) is 0 Å². The lowest BCUT2D eigenvalue weighted by Crippen LogP contribution is -2.28. The Labute approximate surface area is 78.9 Å². The highest BCUT2D eigenvalue weighted by Crippen LogP contribution is 2.19. The standard InChI is InChI=1S/C10H16N2O/c1-3-9(11)10(13-2)8-5-4-6-12-7-8/h4-7,9-10H,3,11H2,1-2H3. The molecule has 0 saturated heterocycles. The maximum absolute atomic E-state index is 5.91. The summed E-state index contributed by atoms with van der Waals surface area (Å²) in [7, 11) is 1.67. The van der Waals surface area contributed by atoms with Crippen molar-refractivity contribution in [1.82, 2.24) is 4.98 Å². The maximum Gasteiger partial charge on any atom is 0.0986 e. The van der Waals surface area contributed by atoms with Gasteiger partial charge in [0.05, 0.1) is 6.10 Å². The van der Waals surface area contributed by atoms with Gasteiger partial charge in [-0.2, -0.15) is 0 Å². The average Bonchev–Trinajstić information content (AvgIpc) is 2.20. The molecule has 0 aliphatic heterocycles. The van der Waals surface area contributed by atoms with Crippen molar-refractivity contribution in [3.8, 4) is 0 Å². The van der Waals surface area contributed by atoms with Crippen molar-refractivity contribution in [2.75, 3.05) is 7.11 Å². The van der Waals surface area contributed by atoms with Gasteiger partial charge >= 0.3 is 0 Å². The predicted molar refractivity (Wildman–Crippen MR) is 52.3 cm³/mol. The molecule has 0 fully saturated rings. The van der Waals surface area contributed by atoms with E-state index in [1.165, 1.54) is 0 Å². The molecule has 2 N–H and O–H groups in total. The number of hydrogen-bond acceptors (Lipinski definition) is 3. The molecule has 0 radical (unpaired) electrons. The Kier molecular flexibility index (Phi) is 3.86. The van der Waals surface area contributed by atoms with Crippen LogP contribution in [0.3, 0.4) is 0 Å². The molecule has 0 spiro atoms. The molecule has 2 unspecified atom stereocenters. The second-order valence-corrected chi connectivity index (χ2v) is 3.01. The quantitative estimate of drug-likeness (QED) is 0.764. The van der Waals surface area contributed by atoms with Crippen LogP contribution in [0.25, 0.3) is 0 Å². The SMILES string of the molecule is CCC(N)C(OC)c1cccnc1. The summed E-state index contributed by atoms with van der Waals surface area (Å²) in [6.45, 7) is 2.05. The Balaban J connectivity index is 2.78. The molecule has 0 aromatic carbocycles. The Morgan fingerprint density at radius 1 is 1.62 bits per heavy atom. The molecular formula is C10H16N2O. The molecule has 3 nitrogen and oxygen atoms in total. The zero-order valence-electron chi connectivity index (χ0n) is 8.10. The number of pyridine rings is 1. The summed E-state index contributed by atoms with van der Waals surface area (Å²) in [5.74, 6) is 0. The van der Waals surface area contributed by atoms with Crippen LogP contribution in [0.5, 0.6) is 0 Å². The summed E-state index contributed by atoms with van der Waals surface area (Å²) < 4.78 is 5.32. The number of aromatic nitrogens is 1. The van der Waals surface area contributed by atoms with E-state index in [4.69, 9.17) is 10.5 Å². The lowest BCUT2D eigenvalue weighted by molar-refractivity contribution is 0.0788. The smallest absolute Gasteiger partial charge is 0.0986 e. The van der Waals surface area contributed by atoms with E-state index in [1.807, 2.05) is 19.1 Å². The van der Waals surface area contributed by atoms with Gasteiger partial charge in [0.2, 0.25) is 0 Å². The van der Waals surface area contributed by atoms with Gasteiger partial charge in [0.1, 0.15) is 0 Å². The van der Waals surface area contributed by atoms with Gasteiger partial charge in [-0.3, -0.25) is 4.98 Å². The monoisotopic (exact) mass is 180 g/mol. The first-order valence-corrected chi connectivity index (χ1v) is 4.48. The van der Waals surface area contributed by atoms with Gasteiger partial charge < -0.3 is 10.5 Å². The minimum absolute atomic E-state index is 0.0363. The first-order chi connectivity index (χ1) is 6.29. The number of hydrogen-bond donors (Lipinski definition) is 1. The molecule has 13 heavy (non-hydrogen) atoms. The van der Waals surface area contributed by atoms with Crippen LogP contribution in [0.2, 0.25) is 0 Å². The van der Waals surface area contributed by atoms with Gasteiger partial charge in [-0.25, -0.2) is 0 Å². The van der Waals surface area contributed by atoms with Gasteiger partial charge in [-0.15, -0.1) is 0 Å². The number of methoxy groups -OCH3 is 1. The summed E-state index contributed by atoms with van der Waals surface area (Å²) in [6.07, 6.45) is 4.39. The van der Waals surface area contributed by atoms with Crippen molar-refractivity contribution in [2.45, 2.75) is 25.5 Å². The lowest BCUT2D eigenvalue weighted by atomic mass is 10.0. The van der Waals surface area contributed by atoms with E-state index in [0.29, 0.717) is 0 Å². The van der Waals surface area contributed by atoms with E-state index in [1.54, 1.807) is 19.5 Å². The second-order valence-electron chi connectivity index (χ2n) is 3.01. The van der Waals surface area contributed by atoms with Gasteiger partial charge in [0.25, 0.3) is 0 Å². The van der Waals surface area contributed by atoms with Crippen molar-refractivity contribution < 1.29 is 4.74 Å². The third kappa shape index (κ3) is 2.50. The van der Waals surface area contributed by atoms with Gasteiger partial charge in [0.15, 0.2) is 0 Å². The molecule has 72 valence electrons. The second kappa shape index (κ2) is 4.94. The fraction of sp³-hybridized carbons (Fsp3) is 0.500. The molecule has 1 heterocycles. The maximum atomic E-state index is 5.91. The van der Waals surface area contributed by atoms with E-state index in [9.17, 15) is 0 Å². The van der Waals surface area contributed by atoms with Crippen molar-refractivity contribution in [3.05, 3.63) is 30.1 Å². The summed E-state index contributed by atoms with van der Waals surface area (Å²) in [5.41, 5.74) is 6.95. The first kappa shape index (κ1) is 10.2. The van der Waals surface area contributed by atoms with E-state index < -0.39 is 0 Å². The molecule has 3 heteroatoms. The molecule has 0 bridgehead atoms. The Bertz CT molecular complexity index is 238. The van der Waals surface area contributed by atoms with Crippen LogP contribution in [-0.4, -0.2) is 18.1 Å². The zero-order valence-corrected chi connectivity index (χ0v) is 8.10. The summed E-state index contributed by atoms with van der Waals surface area (Å²) in [4.78, 5) is 4.03. The number of rotatable bonds is 4. The highest BCUT2D eigenvalue weighted by molar-refractivity contribution is 5.13. The van der Waals surface area contributed by atoms with E-state index >= 15 is 0 Å². The molecule has 0 saturated carbocycles. The van der Waals surface area contributed by atoms with Crippen LogP contribution in [0.4, 0.5) is 0 Å². The summed E-state index contributed by atoms with van der Waals surface area (Å²) in [5, 5.41) is 0. The van der Waals surface area contributed by atoms with Crippen molar-refractivity contribution in [2.24, 2.45) is 5.73 Å². The van der Waals surface area contributed by atoms with Gasteiger partial charge in [0, 0.05) is 31.1 Å². The van der Waals surface area contributed by atoms with E-state index in [-0.39, 0.29) is 12.1 Å². The van der Waals surface area contributed by atoms with E-state index in [0.717, 1.165) is 12.0 Å². The molecule has 0 amide bonds. The van der Waals surface area contributed by atoms with Crippen LogP contribution >= 0.6 is 0 Å². The largest absolute Gasteiger partial charge is 0.375 e. The molecule has 0 aliphatic rings.